The molecule has 0 aromatic carbocycles. The summed E-state index contributed by atoms with van der Waals surface area (Å²) in [7, 11) is 0. The molecule has 5 fully saturated rings. The van der Waals surface area contributed by atoms with Gasteiger partial charge in [-0.05, 0) is 104 Å². The molecule has 1 N–H and O–H groups in total. The van der Waals surface area contributed by atoms with Gasteiger partial charge in [0, 0.05) is 5.41 Å². The summed E-state index contributed by atoms with van der Waals surface area (Å²) in [5.41, 5.74) is -0.451. The van der Waals surface area contributed by atoms with E-state index in [0.717, 1.165) is 51.4 Å². The first-order valence-corrected chi connectivity index (χ1v) is 15.3. The molecule has 5 nitrogen and oxygen atoms in total. The summed E-state index contributed by atoms with van der Waals surface area (Å²) >= 11 is 0. The van der Waals surface area contributed by atoms with Crippen LogP contribution in [0.15, 0.2) is 11.6 Å². The Morgan fingerprint density at radius 3 is 2.26 bits per heavy atom. The zero-order valence-corrected chi connectivity index (χ0v) is 24.6. The maximum atomic E-state index is 13.2. The molecule has 38 heavy (non-hydrogen) atoms. The highest BCUT2D eigenvalue weighted by Gasteiger charge is 2.73. The number of carboxylic acid groups (broad SMARTS) is 1. The number of esters is 1. The minimum Gasteiger partial charge on any atom is -0.481 e. The number of Topliss-reactive ketones (excluding diaryl/α,β-unsaturated/α-hetero) is 1. The summed E-state index contributed by atoms with van der Waals surface area (Å²) in [5.74, 6) is 0.828. The lowest BCUT2D eigenvalue weighted by Gasteiger charge is -2.72. The maximum absolute atomic E-state index is 13.2. The molecule has 0 aromatic heterocycles. The van der Waals surface area contributed by atoms with Crippen LogP contribution in [-0.2, 0) is 19.1 Å². The highest BCUT2D eigenvalue weighted by molar-refractivity contribution is 6.06. The number of rotatable bonds is 1. The lowest BCUT2D eigenvalue weighted by atomic mass is 9.32. The third kappa shape index (κ3) is 2.82. The van der Waals surface area contributed by atoms with Crippen molar-refractivity contribution in [3.63, 3.8) is 0 Å². The zero-order valence-electron chi connectivity index (χ0n) is 24.6. The molecule has 10 atom stereocenters. The van der Waals surface area contributed by atoms with Gasteiger partial charge in [0.2, 0.25) is 0 Å². The molecule has 5 heteroatoms. The van der Waals surface area contributed by atoms with Gasteiger partial charge in [0.15, 0.2) is 11.4 Å². The predicted molar refractivity (Wildman–Crippen MR) is 145 cm³/mol. The largest absolute Gasteiger partial charge is 0.481 e. The van der Waals surface area contributed by atoms with Crippen molar-refractivity contribution in [1.29, 1.82) is 0 Å². The van der Waals surface area contributed by atoms with E-state index in [-0.39, 0.29) is 40.3 Å². The van der Waals surface area contributed by atoms with Crippen molar-refractivity contribution in [2.75, 3.05) is 0 Å². The Labute approximate surface area is 228 Å². The summed E-state index contributed by atoms with van der Waals surface area (Å²) in [5, 5.41) is 10.6. The Hall–Kier alpha value is -1.65. The molecule has 1 aliphatic heterocycles. The van der Waals surface area contributed by atoms with Crippen molar-refractivity contribution in [2.24, 2.45) is 56.7 Å². The van der Waals surface area contributed by atoms with E-state index in [1.807, 2.05) is 0 Å². The van der Waals surface area contributed by atoms with Gasteiger partial charge >= 0.3 is 11.9 Å². The van der Waals surface area contributed by atoms with Crippen molar-refractivity contribution < 1.29 is 24.2 Å². The van der Waals surface area contributed by atoms with Crippen molar-refractivity contribution >= 4 is 17.7 Å². The topological polar surface area (TPSA) is 80.7 Å². The van der Waals surface area contributed by atoms with E-state index < -0.39 is 22.4 Å². The van der Waals surface area contributed by atoms with Gasteiger partial charge in [-0.3, -0.25) is 14.4 Å². The molecular weight excluding hydrogens is 476 g/mol. The summed E-state index contributed by atoms with van der Waals surface area (Å²) in [6.45, 7) is 16.5. The van der Waals surface area contributed by atoms with Crippen molar-refractivity contribution in [3.8, 4) is 0 Å². The SMILES string of the molecule is C[C@H]1[C@H](C)CC[C@]2(C(=O)O)CC[C@]3(C)C(=CC[C@@H]4[C@@]5(C)CC[C@]6(OC(=O)CC6=O)C(C)(C)C5CC[C@]43C)[C@H]12. The number of carbonyl (C=O) groups is 3. The van der Waals surface area contributed by atoms with Crippen LogP contribution < -0.4 is 0 Å². The number of carbonyl (C=O) groups excluding carboxylic acids is 2. The van der Waals surface area contributed by atoms with Gasteiger partial charge in [-0.15, -0.1) is 0 Å². The van der Waals surface area contributed by atoms with Crippen molar-refractivity contribution in [3.05, 3.63) is 11.6 Å². The Morgan fingerprint density at radius 2 is 1.63 bits per heavy atom. The number of ketones is 1. The van der Waals surface area contributed by atoms with Gasteiger partial charge in [-0.25, -0.2) is 0 Å². The Bertz CT molecular complexity index is 1140. The standard InChI is InChI=1S/C33H48O5/c1-19-10-13-32(27(36)37)16-15-30(6)21(26(32)20(19)2)8-9-23-29(5)14-17-33(24(34)18-25(35)38-33)28(3,4)22(29)11-12-31(23,30)7/h8,19-20,22-23,26H,9-18H2,1-7H3,(H,36,37)/t19-,20+,22?,23-,26+,29+,30-,31-,32+,33-/m1/s1. The van der Waals surface area contributed by atoms with Crippen LogP contribution in [0.5, 0.6) is 0 Å². The van der Waals surface area contributed by atoms with E-state index in [9.17, 15) is 19.5 Å². The van der Waals surface area contributed by atoms with Gasteiger partial charge in [0.05, 0.1) is 5.41 Å². The first-order chi connectivity index (χ1) is 17.6. The smallest absolute Gasteiger partial charge is 0.314 e. The van der Waals surface area contributed by atoms with Gasteiger partial charge in [0.25, 0.3) is 0 Å². The Balaban J connectivity index is 1.43. The molecular formula is C33H48O5. The quantitative estimate of drug-likeness (QED) is 0.227. The molecule has 1 spiro atoms. The molecule has 210 valence electrons. The van der Waals surface area contributed by atoms with Crippen LogP contribution in [-0.4, -0.2) is 28.4 Å². The number of hydrogen-bond donors (Lipinski definition) is 1. The van der Waals surface area contributed by atoms with Crippen LogP contribution in [0, 0.1) is 56.7 Å². The zero-order chi connectivity index (χ0) is 27.7. The van der Waals surface area contributed by atoms with E-state index in [4.69, 9.17) is 4.74 Å². The molecule has 1 saturated heterocycles. The molecule has 6 aliphatic rings. The normalized spacial score (nSPS) is 53.2. The first kappa shape index (κ1) is 26.6. The Kier molecular flexibility index (Phi) is 5.42. The van der Waals surface area contributed by atoms with E-state index in [2.05, 4.69) is 54.5 Å². The molecule has 5 aliphatic carbocycles. The van der Waals surface area contributed by atoms with Crippen LogP contribution in [0.4, 0.5) is 0 Å². The van der Waals surface area contributed by atoms with E-state index in [1.54, 1.807) is 0 Å². The Morgan fingerprint density at radius 1 is 0.921 bits per heavy atom. The van der Waals surface area contributed by atoms with Crippen molar-refractivity contribution in [2.45, 2.75) is 118 Å². The highest BCUT2D eigenvalue weighted by atomic mass is 16.6. The second-order valence-electron chi connectivity index (χ2n) is 15.7. The second kappa shape index (κ2) is 7.75. The van der Waals surface area contributed by atoms with Crippen molar-refractivity contribution in [1.82, 2.24) is 0 Å². The average Bonchev–Trinajstić information content (AvgIpc) is 3.13. The summed E-state index contributed by atoms with van der Waals surface area (Å²) < 4.78 is 5.94. The van der Waals surface area contributed by atoms with Crippen LogP contribution >= 0.6 is 0 Å². The first-order valence-electron chi connectivity index (χ1n) is 15.3. The maximum Gasteiger partial charge on any atom is 0.314 e. The summed E-state index contributed by atoms with van der Waals surface area (Å²) in [4.78, 5) is 38.4. The molecule has 6 rings (SSSR count). The number of allylic oxidation sites excluding steroid dienone is 2. The number of aliphatic carboxylic acids is 1. The van der Waals surface area contributed by atoms with Gasteiger partial charge in [0.1, 0.15) is 6.42 Å². The fourth-order valence-electron chi connectivity index (χ4n) is 12.1. The van der Waals surface area contributed by atoms with Gasteiger partial charge in [-0.1, -0.05) is 60.1 Å². The predicted octanol–water partition coefficient (Wildman–Crippen LogP) is 6.98. The molecule has 0 aromatic rings. The highest BCUT2D eigenvalue weighted by Crippen LogP contribution is 2.76. The lowest BCUT2D eigenvalue weighted by molar-refractivity contribution is -0.232. The molecule has 1 heterocycles. The number of fused-ring (bicyclic) bond motifs is 7. The molecule has 0 radical (unpaired) electrons. The number of ether oxygens (including phenoxy) is 1. The molecule has 4 saturated carbocycles. The number of carboxylic acids is 1. The lowest BCUT2D eigenvalue weighted by Crippen LogP contribution is -2.68. The van der Waals surface area contributed by atoms with Gasteiger partial charge in [-0.2, -0.15) is 0 Å². The van der Waals surface area contributed by atoms with Crippen LogP contribution in [0.25, 0.3) is 0 Å². The summed E-state index contributed by atoms with van der Waals surface area (Å²) in [6, 6.07) is 0. The molecule has 0 amide bonds. The minimum absolute atomic E-state index is 0.0154. The fraction of sp³-hybridized carbons (Fsp3) is 0.848. The minimum atomic E-state index is -0.971. The monoisotopic (exact) mass is 524 g/mol. The third-order valence-electron chi connectivity index (χ3n) is 14.7. The van der Waals surface area contributed by atoms with Crippen LogP contribution in [0.2, 0.25) is 0 Å². The fourth-order valence-corrected chi connectivity index (χ4v) is 12.1. The van der Waals surface area contributed by atoms with Crippen LogP contribution in [0.3, 0.4) is 0 Å². The third-order valence-corrected chi connectivity index (χ3v) is 14.7. The molecule has 1 unspecified atom stereocenters. The van der Waals surface area contributed by atoms with E-state index >= 15 is 0 Å². The van der Waals surface area contributed by atoms with Crippen LogP contribution in [0.1, 0.15) is 113 Å². The molecule has 0 bridgehead atoms. The summed E-state index contributed by atoms with van der Waals surface area (Å²) in [6.07, 6.45) is 10.6. The number of hydrogen-bond acceptors (Lipinski definition) is 4. The van der Waals surface area contributed by atoms with Gasteiger partial charge < -0.3 is 9.84 Å². The van der Waals surface area contributed by atoms with E-state index in [1.165, 1.54) is 5.57 Å². The second-order valence-corrected chi connectivity index (χ2v) is 15.7. The average molecular weight is 525 g/mol. The van der Waals surface area contributed by atoms with E-state index in [0.29, 0.717) is 30.1 Å².